The molecule has 1 N–H and O–H groups in total. The van der Waals surface area contributed by atoms with Crippen molar-refractivity contribution in [2.75, 3.05) is 11.9 Å². The summed E-state index contributed by atoms with van der Waals surface area (Å²) in [4.78, 5) is 11.7. The number of hydrogen-bond acceptors (Lipinski definition) is 2. The van der Waals surface area contributed by atoms with Crippen molar-refractivity contribution in [2.24, 2.45) is 0 Å². The van der Waals surface area contributed by atoms with Crippen molar-refractivity contribution in [3.8, 4) is 0 Å². The lowest BCUT2D eigenvalue weighted by atomic mass is 10.2. The molecule has 0 unspecified atom stereocenters. The molecule has 0 aliphatic heterocycles. The van der Waals surface area contributed by atoms with Crippen molar-refractivity contribution in [1.82, 2.24) is 5.32 Å². The highest BCUT2D eigenvalue weighted by molar-refractivity contribution is 9.09. The molecular weight excluding hydrogens is 270 g/mol. The van der Waals surface area contributed by atoms with Crippen LogP contribution >= 0.6 is 15.9 Å². The Morgan fingerprint density at radius 2 is 2.25 bits per heavy atom. The van der Waals surface area contributed by atoms with E-state index in [9.17, 15) is 4.79 Å². The molecule has 0 saturated carbocycles. The fourth-order valence-corrected chi connectivity index (χ4v) is 1.91. The van der Waals surface area contributed by atoms with E-state index in [2.05, 4.69) is 21.2 Å². The zero-order valence-corrected chi connectivity index (χ0v) is 11.2. The van der Waals surface area contributed by atoms with E-state index in [0.717, 1.165) is 43.3 Å². The monoisotopic (exact) mass is 287 g/mol. The van der Waals surface area contributed by atoms with Crippen molar-refractivity contribution in [1.29, 1.82) is 0 Å². The van der Waals surface area contributed by atoms with Gasteiger partial charge in [-0.05, 0) is 18.9 Å². The van der Waals surface area contributed by atoms with Gasteiger partial charge in [0, 0.05) is 18.3 Å². The van der Waals surface area contributed by atoms with Crippen molar-refractivity contribution >= 4 is 21.8 Å². The van der Waals surface area contributed by atoms with Gasteiger partial charge < -0.3 is 9.73 Å². The van der Waals surface area contributed by atoms with Crippen LogP contribution in [0.2, 0.25) is 0 Å². The normalized spacial score (nSPS) is 10.4. The smallest absolute Gasteiger partial charge is 0.254 e. The van der Waals surface area contributed by atoms with Crippen LogP contribution < -0.4 is 5.32 Å². The first kappa shape index (κ1) is 13.3. The molecule has 4 heteroatoms. The Bertz CT molecular complexity index is 323. The Hall–Kier alpha value is -0.770. The summed E-state index contributed by atoms with van der Waals surface area (Å²) >= 11 is 3.38. The molecule has 1 aromatic rings. The summed E-state index contributed by atoms with van der Waals surface area (Å²) in [6, 6.07) is 1.73. The number of unbranched alkanes of at least 4 members (excludes halogenated alkanes) is 2. The first-order chi connectivity index (χ1) is 7.79. The number of furan rings is 1. The molecule has 90 valence electrons. The molecule has 0 aliphatic rings. The molecule has 0 atom stereocenters. The van der Waals surface area contributed by atoms with E-state index in [1.165, 1.54) is 0 Å². The van der Waals surface area contributed by atoms with Crippen LogP contribution in [-0.4, -0.2) is 17.8 Å². The van der Waals surface area contributed by atoms with Gasteiger partial charge in [0.15, 0.2) is 0 Å². The van der Waals surface area contributed by atoms with Gasteiger partial charge in [0.1, 0.15) is 5.76 Å². The fraction of sp³-hybridized carbons (Fsp3) is 0.583. The predicted molar refractivity (Wildman–Crippen MR) is 68.1 cm³/mol. The number of carbonyl (C=O) groups is 1. The SMILES string of the molecule is CCc1occc1C(=O)NCCCCCBr. The molecule has 0 saturated heterocycles. The van der Waals surface area contributed by atoms with Crippen LogP contribution in [0.3, 0.4) is 0 Å². The summed E-state index contributed by atoms with van der Waals surface area (Å²) in [5, 5.41) is 3.93. The average molecular weight is 288 g/mol. The van der Waals surface area contributed by atoms with Gasteiger partial charge in [-0.15, -0.1) is 0 Å². The molecule has 0 fully saturated rings. The number of alkyl halides is 1. The largest absolute Gasteiger partial charge is 0.469 e. The summed E-state index contributed by atoms with van der Waals surface area (Å²) in [6.45, 7) is 2.71. The fourth-order valence-electron chi connectivity index (χ4n) is 1.51. The van der Waals surface area contributed by atoms with Gasteiger partial charge >= 0.3 is 0 Å². The lowest BCUT2D eigenvalue weighted by Crippen LogP contribution is -2.24. The van der Waals surface area contributed by atoms with Crippen LogP contribution in [0.5, 0.6) is 0 Å². The van der Waals surface area contributed by atoms with E-state index in [0.29, 0.717) is 5.56 Å². The Balaban J connectivity index is 2.30. The number of amides is 1. The third-order valence-corrected chi connectivity index (χ3v) is 2.97. The van der Waals surface area contributed by atoms with Gasteiger partial charge in [-0.25, -0.2) is 0 Å². The van der Waals surface area contributed by atoms with Crippen molar-refractivity contribution < 1.29 is 9.21 Å². The lowest BCUT2D eigenvalue weighted by molar-refractivity contribution is 0.0951. The molecule has 3 nitrogen and oxygen atoms in total. The Kier molecular flexibility index (Phi) is 6.23. The molecule has 1 heterocycles. The lowest BCUT2D eigenvalue weighted by Gasteiger charge is -2.04. The second kappa shape index (κ2) is 7.49. The molecule has 16 heavy (non-hydrogen) atoms. The van der Waals surface area contributed by atoms with Crippen LogP contribution in [0.4, 0.5) is 0 Å². The van der Waals surface area contributed by atoms with Crippen LogP contribution in [0.15, 0.2) is 16.7 Å². The van der Waals surface area contributed by atoms with Crippen molar-refractivity contribution in [3.63, 3.8) is 0 Å². The third kappa shape index (κ3) is 4.00. The Morgan fingerprint density at radius 3 is 2.94 bits per heavy atom. The molecular formula is C12H18BrNO2. The number of rotatable bonds is 7. The van der Waals surface area contributed by atoms with Gasteiger partial charge in [-0.2, -0.15) is 0 Å². The molecule has 0 aromatic carbocycles. The average Bonchev–Trinajstić information content (AvgIpc) is 2.76. The summed E-state index contributed by atoms with van der Waals surface area (Å²) < 4.78 is 5.21. The van der Waals surface area contributed by atoms with Crippen LogP contribution in [0.1, 0.15) is 42.3 Å². The second-order valence-corrected chi connectivity index (χ2v) is 4.41. The van der Waals surface area contributed by atoms with Crippen molar-refractivity contribution in [3.05, 3.63) is 23.7 Å². The van der Waals surface area contributed by atoms with Crippen LogP contribution in [0.25, 0.3) is 0 Å². The van der Waals surface area contributed by atoms with Crippen LogP contribution in [0, 0.1) is 0 Å². The van der Waals surface area contributed by atoms with E-state index in [1.54, 1.807) is 12.3 Å². The molecule has 0 bridgehead atoms. The molecule has 1 amide bonds. The summed E-state index contributed by atoms with van der Waals surface area (Å²) in [5.41, 5.74) is 0.669. The summed E-state index contributed by atoms with van der Waals surface area (Å²) in [7, 11) is 0. The van der Waals surface area contributed by atoms with Gasteiger partial charge in [0.25, 0.3) is 5.91 Å². The van der Waals surface area contributed by atoms with Crippen molar-refractivity contribution in [2.45, 2.75) is 32.6 Å². The van der Waals surface area contributed by atoms with Crippen LogP contribution in [-0.2, 0) is 6.42 Å². The number of hydrogen-bond donors (Lipinski definition) is 1. The molecule has 1 rings (SSSR count). The van der Waals surface area contributed by atoms with E-state index in [4.69, 9.17) is 4.42 Å². The predicted octanol–water partition coefficient (Wildman–Crippen LogP) is 3.14. The minimum Gasteiger partial charge on any atom is -0.469 e. The Labute approximate surface area is 105 Å². The van der Waals surface area contributed by atoms with Gasteiger partial charge in [0.2, 0.25) is 0 Å². The maximum atomic E-state index is 11.7. The first-order valence-corrected chi connectivity index (χ1v) is 6.82. The van der Waals surface area contributed by atoms with Gasteiger partial charge in [-0.3, -0.25) is 4.79 Å². The van der Waals surface area contributed by atoms with Gasteiger partial charge in [-0.1, -0.05) is 29.3 Å². The highest BCUT2D eigenvalue weighted by Crippen LogP contribution is 2.10. The van der Waals surface area contributed by atoms with E-state index in [-0.39, 0.29) is 5.91 Å². The number of aryl methyl sites for hydroxylation is 1. The zero-order valence-electron chi connectivity index (χ0n) is 9.59. The Morgan fingerprint density at radius 1 is 1.44 bits per heavy atom. The molecule has 0 radical (unpaired) electrons. The van der Waals surface area contributed by atoms with E-state index in [1.807, 2.05) is 6.92 Å². The maximum absolute atomic E-state index is 11.7. The van der Waals surface area contributed by atoms with E-state index >= 15 is 0 Å². The van der Waals surface area contributed by atoms with Gasteiger partial charge in [0.05, 0.1) is 11.8 Å². The molecule has 1 aromatic heterocycles. The summed E-state index contributed by atoms with van der Waals surface area (Å²) in [5.74, 6) is 0.738. The quantitative estimate of drug-likeness (QED) is 0.618. The highest BCUT2D eigenvalue weighted by atomic mass is 79.9. The minimum absolute atomic E-state index is 0.0237. The minimum atomic E-state index is -0.0237. The van der Waals surface area contributed by atoms with E-state index < -0.39 is 0 Å². The molecule has 0 aliphatic carbocycles. The number of nitrogens with one attached hydrogen (secondary N) is 1. The standard InChI is InChI=1S/C12H18BrNO2/c1-2-11-10(6-9-16-11)12(15)14-8-5-3-4-7-13/h6,9H,2-5,7-8H2,1H3,(H,14,15). The zero-order chi connectivity index (χ0) is 11.8. The number of halogens is 1. The molecule has 0 spiro atoms. The first-order valence-electron chi connectivity index (χ1n) is 5.70. The topological polar surface area (TPSA) is 42.2 Å². The highest BCUT2D eigenvalue weighted by Gasteiger charge is 2.11. The maximum Gasteiger partial charge on any atom is 0.254 e. The second-order valence-electron chi connectivity index (χ2n) is 3.62. The summed E-state index contributed by atoms with van der Waals surface area (Å²) in [6.07, 6.45) is 5.63. The number of carbonyl (C=O) groups excluding carboxylic acids is 1. The third-order valence-electron chi connectivity index (χ3n) is 2.41.